The Labute approximate surface area is 165 Å². The van der Waals surface area contributed by atoms with E-state index in [1.807, 2.05) is 18.2 Å². The number of ether oxygens (including phenoxy) is 1. The van der Waals surface area contributed by atoms with Crippen LogP contribution < -0.4 is 4.74 Å². The zero-order valence-electron chi connectivity index (χ0n) is 15.4. The van der Waals surface area contributed by atoms with E-state index in [4.69, 9.17) is 0 Å². The molecular formula is C21H18F3N3O2. The van der Waals surface area contributed by atoms with Crippen molar-refractivity contribution in [3.05, 3.63) is 53.6 Å². The molecule has 1 atom stereocenters. The highest BCUT2D eigenvalue weighted by Gasteiger charge is 2.35. The Bertz CT molecular complexity index is 984. The molecule has 2 aromatic carbocycles. The van der Waals surface area contributed by atoms with Gasteiger partial charge in [-0.3, -0.25) is 9.69 Å². The molecule has 2 aromatic rings. The highest BCUT2D eigenvalue weighted by molar-refractivity contribution is 5.83. The number of rotatable bonds is 3. The number of nitrogens with zero attached hydrogens (tertiary/aromatic N) is 3. The molecule has 1 amide bonds. The summed E-state index contributed by atoms with van der Waals surface area (Å²) < 4.78 is 41.4. The summed E-state index contributed by atoms with van der Waals surface area (Å²) >= 11 is 0. The number of carbonyl (C=O) groups excluding carboxylic acids is 1. The summed E-state index contributed by atoms with van der Waals surface area (Å²) in [6, 6.07) is 11.0. The van der Waals surface area contributed by atoms with E-state index in [0.29, 0.717) is 31.6 Å². The molecule has 0 unspecified atom stereocenters. The number of amides is 1. The standard InChI is InChI=1S/C21H18F3N3O2/c22-21(23,24)29-18-4-1-3-14(10-18)15-6-7-16-11-27(12-17(16)9-15)20(28)19-5-2-8-26(19)13-25/h1,3-4,6-7,9-10,19H,2,5,8,11-12H2/t19-/m0/s1. The Morgan fingerprint density at radius 2 is 1.86 bits per heavy atom. The van der Waals surface area contributed by atoms with E-state index < -0.39 is 12.4 Å². The molecule has 1 fully saturated rings. The number of halogens is 3. The van der Waals surface area contributed by atoms with Crippen molar-refractivity contribution in [2.45, 2.75) is 38.3 Å². The summed E-state index contributed by atoms with van der Waals surface area (Å²) in [4.78, 5) is 16.1. The maximum atomic E-state index is 12.8. The lowest BCUT2D eigenvalue weighted by atomic mass is 10.0. The van der Waals surface area contributed by atoms with Crippen molar-refractivity contribution in [2.75, 3.05) is 6.54 Å². The lowest BCUT2D eigenvalue weighted by Gasteiger charge is -2.23. The van der Waals surface area contributed by atoms with Crippen LogP contribution in [0, 0.1) is 11.5 Å². The van der Waals surface area contributed by atoms with Crippen molar-refractivity contribution in [1.29, 1.82) is 5.26 Å². The Hall–Kier alpha value is -3.21. The molecule has 2 aliphatic heterocycles. The van der Waals surface area contributed by atoms with Gasteiger partial charge in [-0.25, -0.2) is 0 Å². The average molecular weight is 401 g/mol. The van der Waals surface area contributed by atoms with Gasteiger partial charge in [0.1, 0.15) is 11.8 Å². The van der Waals surface area contributed by atoms with Gasteiger partial charge in [-0.1, -0.05) is 24.3 Å². The van der Waals surface area contributed by atoms with E-state index in [9.17, 15) is 23.2 Å². The maximum absolute atomic E-state index is 12.8. The molecule has 4 rings (SSSR count). The molecule has 0 aromatic heterocycles. The summed E-state index contributed by atoms with van der Waals surface area (Å²) in [6.07, 6.45) is -1.15. The third-order valence-electron chi connectivity index (χ3n) is 5.31. The van der Waals surface area contributed by atoms with Crippen LogP contribution >= 0.6 is 0 Å². The number of alkyl halides is 3. The second-order valence-electron chi connectivity index (χ2n) is 7.20. The minimum atomic E-state index is -4.74. The normalized spacial score (nSPS) is 18.5. The summed E-state index contributed by atoms with van der Waals surface area (Å²) in [6.45, 7) is 1.51. The zero-order valence-corrected chi connectivity index (χ0v) is 15.4. The first-order valence-corrected chi connectivity index (χ1v) is 9.27. The number of carbonyl (C=O) groups is 1. The molecule has 29 heavy (non-hydrogen) atoms. The van der Waals surface area contributed by atoms with Crippen molar-refractivity contribution < 1.29 is 22.7 Å². The van der Waals surface area contributed by atoms with Gasteiger partial charge in [0.15, 0.2) is 6.19 Å². The van der Waals surface area contributed by atoms with Crippen LogP contribution in [0.1, 0.15) is 24.0 Å². The van der Waals surface area contributed by atoms with Crippen LogP contribution in [0.2, 0.25) is 0 Å². The lowest BCUT2D eigenvalue weighted by Crippen LogP contribution is -2.41. The zero-order chi connectivity index (χ0) is 20.6. The first-order chi connectivity index (χ1) is 13.8. The molecule has 150 valence electrons. The van der Waals surface area contributed by atoms with E-state index in [1.54, 1.807) is 11.0 Å². The van der Waals surface area contributed by atoms with Gasteiger partial charge in [0.25, 0.3) is 0 Å². The van der Waals surface area contributed by atoms with Crippen molar-refractivity contribution in [2.24, 2.45) is 0 Å². The van der Waals surface area contributed by atoms with Crippen LogP contribution in [-0.4, -0.2) is 34.7 Å². The van der Waals surface area contributed by atoms with Gasteiger partial charge in [0.05, 0.1) is 0 Å². The van der Waals surface area contributed by atoms with Gasteiger partial charge in [0, 0.05) is 19.6 Å². The smallest absolute Gasteiger partial charge is 0.406 e. The number of nitriles is 1. The van der Waals surface area contributed by atoms with E-state index in [-0.39, 0.29) is 11.7 Å². The first kappa shape index (κ1) is 19.1. The van der Waals surface area contributed by atoms with Crippen molar-refractivity contribution in [3.8, 4) is 23.1 Å². The average Bonchev–Trinajstić information content (AvgIpc) is 3.32. The highest BCUT2D eigenvalue weighted by Crippen LogP contribution is 2.32. The highest BCUT2D eigenvalue weighted by atomic mass is 19.4. The number of likely N-dealkylation sites (tertiary alicyclic amines) is 1. The van der Waals surface area contributed by atoms with Crippen molar-refractivity contribution in [1.82, 2.24) is 9.80 Å². The van der Waals surface area contributed by atoms with Crippen molar-refractivity contribution in [3.63, 3.8) is 0 Å². The van der Waals surface area contributed by atoms with E-state index >= 15 is 0 Å². The molecule has 0 radical (unpaired) electrons. The SMILES string of the molecule is N#CN1CCC[C@H]1C(=O)N1Cc2ccc(-c3cccc(OC(F)(F)F)c3)cc2C1. The fourth-order valence-corrected chi connectivity index (χ4v) is 3.96. The van der Waals surface area contributed by atoms with Crippen LogP contribution in [0.5, 0.6) is 5.75 Å². The molecule has 0 N–H and O–H groups in total. The number of benzene rings is 2. The van der Waals surface area contributed by atoms with Gasteiger partial charge in [-0.2, -0.15) is 5.26 Å². The Morgan fingerprint density at radius 3 is 2.62 bits per heavy atom. The largest absolute Gasteiger partial charge is 0.573 e. The van der Waals surface area contributed by atoms with Gasteiger partial charge >= 0.3 is 6.36 Å². The monoisotopic (exact) mass is 401 g/mol. The fourth-order valence-electron chi connectivity index (χ4n) is 3.96. The quantitative estimate of drug-likeness (QED) is 0.729. The molecule has 0 bridgehead atoms. The molecule has 0 saturated carbocycles. The van der Waals surface area contributed by atoms with Crippen LogP contribution in [0.25, 0.3) is 11.1 Å². The Kier molecular flexibility index (Phi) is 4.82. The van der Waals surface area contributed by atoms with E-state index in [1.165, 1.54) is 23.1 Å². The second-order valence-corrected chi connectivity index (χ2v) is 7.20. The molecule has 0 spiro atoms. The van der Waals surface area contributed by atoms with E-state index in [2.05, 4.69) is 10.9 Å². The molecule has 2 aliphatic rings. The minimum absolute atomic E-state index is 0.0534. The molecule has 8 heteroatoms. The second kappa shape index (κ2) is 7.32. The van der Waals surface area contributed by atoms with Gasteiger partial charge in [-0.15, -0.1) is 13.2 Å². The minimum Gasteiger partial charge on any atom is -0.406 e. The van der Waals surface area contributed by atoms with Crippen LogP contribution in [0.15, 0.2) is 42.5 Å². The summed E-state index contributed by atoms with van der Waals surface area (Å²) in [5.74, 6) is -0.326. The Balaban J connectivity index is 1.52. The van der Waals surface area contributed by atoms with Gasteiger partial charge in [-0.05, 0) is 53.3 Å². The fraction of sp³-hybridized carbons (Fsp3) is 0.333. The molecule has 2 heterocycles. The van der Waals surface area contributed by atoms with Crippen LogP contribution in [0.3, 0.4) is 0 Å². The maximum Gasteiger partial charge on any atom is 0.573 e. The topological polar surface area (TPSA) is 56.6 Å². The number of hydrogen-bond donors (Lipinski definition) is 0. The third-order valence-corrected chi connectivity index (χ3v) is 5.31. The lowest BCUT2D eigenvalue weighted by molar-refractivity contribution is -0.274. The summed E-state index contributed by atoms with van der Waals surface area (Å²) in [7, 11) is 0. The molecular weight excluding hydrogens is 383 g/mol. The first-order valence-electron chi connectivity index (χ1n) is 9.27. The van der Waals surface area contributed by atoms with Crippen LogP contribution in [0.4, 0.5) is 13.2 Å². The van der Waals surface area contributed by atoms with Gasteiger partial charge in [0.2, 0.25) is 5.91 Å². The molecule has 0 aliphatic carbocycles. The predicted octanol–water partition coefficient (Wildman–Crippen LogP) is 4.04. The predicted molar refractivity (Wildman–Crippen MR) is 98.2 cm³/mol. The van der Waals surface area contributed by atoms with Crippen molar-refractivity contribution >= 4 is 5.91 Å². The van der Waals surface area contributed by atoms with Gasteiger partial charge < -0.3 is 9.64 Å². The molecule has 1 saturated heterocycles. The molecule has 5 nitrogen and oxygen atoms in total. The van der Waals surface area contributed by atoms with Crippen LogP contribution in [-0.2, 0) is 17.9 Å². The third kappa shape index (κ3) is 3.99. The van der Waals surface area contributed by atoms with E-state index in [0.717, 1.165) is 23.1 Å². The number of hydrogen-bond acceptors (Lipinski definition) is 4. The number of fused-ring (bicyclic) bond motifs is 1. The summed E-state index contributed by atoms with van der Waals surface area (Å²) in [5.41, 5.74) is 3.32. The Morgan fingerprint density at radius 1 is 1.10 bits per heavy atom. The summed E-state index contributed by atoms with van der Waals surface area (Å²) in [5, 5.41) is 9.18.